The summed E-state index contributed by atoms with van der Waals surface area (Å²) in [6.07, 6.45) is 2.52. The number of carbonyl (C=O) groups is 1. The number of nitrogens with two attached hydrogens (primary N) is 1. The second-order valence-electron chi connectivity index (χ2n) is 8.10. The summed E-state index contributed by atoms with van der Waals surface area (Å²) < 4.78 is 0. The predicted molar refractivity (Wildman–Crippen MR) is 82.9 cm³/mol. The van der Waals surface area contributed by atoms with Gasteiger partial charge >= 0.3 is 0 Å². The molecule has 0 radical (unpaired) electrons. The Morgan fingerprint density at radius 2 is 1.68 bits per heavy atom. The fourth-order valence-corrected chi connectivity index (χ4v) is 2.99. The van der Waals surface area contributed by atoms with Gasteiger partial charge in [0.2, 0.25) is 5.91 Å². The summed E-state index contributed by atoms with van der Waals surface area (Å²) in [6.45, 7) is 15.7. The van der Waals surface area contributed by atoms with Crippen LogP contribution in [0.1, 0.15) is 67.7 Å². The van der Waals surface area contributed by atoms with Crippen LogP contribution in [-0.2, 0) is 4.79 Å². The van der Waals surface area contributed by atoms with E-state index in [1.165, 1.54) is 0 Å². The normalized spacial score (nSPS) is 14.6. The number of hydrogen-bond donors (Lipinski definition) is 2. The second kappa shape index (κ2) is 7.28. The lowest BCUT2D eigenvalue weighted by atomic mass is 9.81. The number of amides is 1. The van der Waals surface area contributed by atoms with E-state index in [0.29, 0.717) is 24.8 Å². The fourth-order valence-electron chi connectivity index (χ4n) is 2.99. The maximum Gasteiger partial charge on any atom is 0.220 e. The molecule has 0 spiro atoms. The van der Waals surface area contributed by atoms with Crippen LogP contribution in [0.3, 0.4) is 0 Å². The van der Waals surface area contributed by atoms with Gasteiger partial charge in [-0.2, -0.15) is 0 Å². The molecule has 0 fully saturated rings. The molecule has 0 heterocycles. The first-order valence-corrected chi connectivity index (χ1v) is 7.46. The van der Waals surface area contributed by atoms with Crippen molar-refractivity contribution in [2.75, 3.05) is 6.54 Å². The number of nitrogens with one attached hydrogen (secondary N) is 1. The molecule has 0 rings (SSSR count). The zero-order chi connectivity index (χ0) is 15.3. The first-order chi connectivity index (χ1) is 8.45. The summed E-state index contributed by atoms with van der Waals surface area (Å²) in [4.78, 5) is 12.1. The van der Waals surface area contributed by atoms with Gasteiger partial charge in [-0.15, -0.1) is 0 Å². The van der Waals surface area contributed by atoms with Crippen LogP contribution in [0.25, 0.3) is 0 Å². The molecule has 0 saturated carbocycles. The van der Waals surface area contributed by atoms with Gasteiger partial charge in [0.15, 0.2) is 0 Å². The van der Waals surface area contributed by atoms with Crippen molar-refractivity contribution in [2.45, 2.75) is 73.3 Å². The van der Waals surface area contributed by atoms with Gasteiger partial charge in [0.05, 0.1) is 0 Å². The Bertz CT molecular complexity index is 277. The minimum absolute atomic E-state index is 0.130. The molecule has 0 saturated heterocycles. The van der Waals surface area contributed by atoms with E-state index in [4.69, 9.17) is 5.73 Å². The van der Waals surface area contributed by atoms with Crippen LogP contribution in [0.15, 0.2) is 0 Å². The van der Waals surface area contributed by atoms with Crippen molar-refractivity contribution in [1.29, 1.82) is 0 Å². The molecule has 114 valence electrons. The average molecular weight is 270 g/mol. The van der Waals surface area contributed by atoms with Crippen LogP contribution in [0.5, 0.6) is 0 Å². The lowest BCUT2D eigenvalue weighted by Gasteiger charge is -2.33. The van der Waals surface area contributed by atoms with E-state index in [1.807, 2.05) is 0 Å². The third-order valence-electron chi connectivity index (χ3n) is 3.06. The number of rotatable bonds is 7. The Morgan fingerprint density at radius 3 is 2.05 bits per heavy atom. The van der Waals surface area contributed by atoms with Gasteiger partial charge in [-0.1, -0.05) is 34.6 Å². The molecular weight excluding hydrogens is 236 g/mol. The molecule has 3 nitrogen and oxygen atoms in total. The van der Waals surface area contributed by atoms with E-state index >= 15 is 0 Å². The van der Waals surface area contributed by atoms with Gasteiger partial charge < -0.3 is 11.1 Å². The summed E-state index contributed by atoms with van der Waals surface area (Å²) in [6, 6.07) is 0. The second-order valence-corrected chi connectivity index (χ2v) is 8.10. The van der Waals surface area contributed by atoms with Crippen LogP contribution in [0.4, 0.5) is 0 Å². The standard InChI is InChI=1S/C16H34N2O/c1-12(2)8-13(10-17)9-14(19)18-16(6,7)11-15(3,4)5/h12-13H,8-11,17H2,1-7H3,(H,18,19)/t13-/m0/s1. The minimum atomic E-state index is -0.160. The molecule has 0 aromatic heterocycles. The van der Waals surface area contributed by atoms with Crippen molar-refractivity contribution in [2.24, 2.45) is 23.0 Å². The Kier molecular flexibility index (Phi) is 7.06. The van der Waals surface area contributed by atoms with Crippen molar-refractivity contribution in [3.8, 4) is 0 Å². The summed E-state index contributed by atoms with van der Waals surface area (Å²) in [5, 5.41) is 3.16. The van der Waals surface area contributed by atoms with Crippen LogP contribution in [0.2, 0.25) is 0 Å². The Morgan fingerprint density at radius 1 is 1.16 bits per heavy atom. The maximum absolute atomic E-state index is 12.1. The van der Waals surface area contributed by atoms with E-state index in [2.05, 4.69) is 53.8 Å². The first-order valence-electron chi connectivity index (χ1n) is 7.46. The SMILES string of the molecule is CC(C)C[C@H](CN)CC(=O)NC(C)(C)CC(C)(C)C. The van der Waals surface area contributed by atoms with E-state index in [0.717, 1.165) is 12.8 Å². The van der Waals surface area contributed by atoms with Crippen molar-refractivity contribution >= 4 is 5.91 Å². The lowest BCUT2D eigenvalue weighted by Crippen LogP contribution is -2.46. The molecule has 3 N–H and O–H groups in total. The predicted octanol–water partition coefficient (Wildman–Crippen LogP) is 3.33. The molecule has 19 heavy (non-hydrogen) atoms. The summed E-state index contributed by atoms with van der Waals surface area (Å²) in [7, 11) is 0. The zero-order valence-corrected chi connectivity index (χ0v) is 14.0. The van der Waals surface area contributed by atoms with Gasteiger partial charge in [0.1, 0.15) is 0 Å². The maximum atomic E-state index is 12.1. The van der Waals surface area contributed by atoms with Gasteiger partial charge in [0.25, 0.3) is 0 Å². The molecule has 0 aliphatic heterocycles. The molecule has 0 aromatic rings. The highest BCUT2D eigenvalue weighted by molar-refractivity contribution is 5.77. The third-order valence-corrected chi connectivity index (χ3v) is 3.06. The molecule has 0 aliphatic carbocycles. The number of carbonyl (C=O) groups excluding carboxylic acids is 1. The van der Waals surface area contributed by atoms with E-state index in [9.17, 15) is 4.79 Å². The highest BCUT2D eigenvalue weighted by atomic mass is 16.1. The Hall–Kier alpha value is -0.570. The zero-order valence-electron chi connectivity index (χ0n) is 14.0. The summed E-state index contributed by atoms with van der Waals surface area (Å²) in [5.41, 5.74) is 5.80. The lowest BCUT2D eigenvalue weighted by molar-refractivity contribution is -0.123. The summed E-state index contributed by atoms with van der Waals surface area (Å²) >= 11 is 0. The average Bonchev–Trinajstić information content (AvgIpc) is 2.10. The van der Waals surface area contributed by atoms with Crippen LogP contribution in [-0.4, -0.2) is 18.0 Å². The molecule has 3 heteroatoms. The highest BCUT2D eigenvalue weighted by Gasteiger charge is 2.27. The van der Waals surface area contributed by atoms with Crippen molar-refractivity contribution in [3.63, 3.8) is 0 Å². The number of hydrogen-bond acceptors (Lipinski definition) is 2. The van der Waals surface area contributed by atoms with Crippen molar-refractivity contribution in [1.82, 2.24) is 5.32 Å². The monoisotopic (exact) mass is 270 g/mol. The van der Waals surface area contributed by atoms with E-state index in [-0.39, 0.29) is 16.9 Å². The largest absolute Gasteiger partial charge is 0.351 e. The molecule has 0 unspecified atom stereocenters. The molecule has 1 atom stereocenters. The highest BCUT2D eigenvalue weighted by Crippen LogP contribution is 2.27. The van der Waals surface area contributed by atoms with Gasteiger partial charge in [-0.25, -0.2) is 0 Å². The molecular formula is C16H34N2O. The molecule has 0 bridgehead atoms. The van der Waals surface area contributed by atoms with Gasteiger partial charge in [-0.3, -0.25) is 4.79 Å². The Balaban J connectivity index is 4.36. The first kappa shape index (κ1) is 18.4. The molecule has 0 aromatic carbocycles. The van der Waals surface area contributed by atoms with Crippen molar-refractivity contribution in [3.05, 3.63) is 0 Å². The van der Waals surface area contributed by atoms with E-state index in [1.54, 1.807) is 0 Å². The molecule has 1 amide bonds. The van der Waals surface area contributed by atoms with Crippen LogP contribution >= 0.6 is 0 Å². The van der Waals surface area contributed by atoms with Crippen LogP contribution in [0, 0.1) is 17.3 Å². The van der Waals surface area contributed by atoms with Gasteiger partial charge in [-0.05, 0) is 50.5 Å². The van der Waals surface area contributed by atoms with Crippen molar-refractivity contribution < 1.29 is 4.79 Å². The third kappa shape index (κ3) is 9.94. The fraction of sp³-hybridized carbons (Fsp3) is 0.938. The van der Waals surface area contributed by atoms with Crippen LogP contribution < -0.4 is 11.1 Å². The molecule has 0 aliphatic rings. The quantitative estimate of drug-likeness (QED) is 0.745. The Labute approximate surface area is 119 Å². The van der Waals surface area contributed by atoms with E-state index < -0.39 is 0 Å². The van der Waals surface area contributed by atoms with Gasteiger partial charge in [0, 0.05) is 12.0 Å². The smallest absolute Gasteiger partial charge is 0.220 e. The topological polar surface area (TPSA) is 55.1 Å². The summed E-state index contributed by atoms with van der Waals surface area (Å²) in [5.74, 6) is 1.01. The minimum Gasteiger partial charge on any atom is -0.351 e.